The van der Waals surface area contributed by atoms with Gasteiger partial charge in [0.2, 0.25) is 0 Å². The Balaban J connectivity index is 2.40. The number of ether oxygens (including phenoxy) is 2. The standard InChI is InChI=1S/C17H18O3/c1-4-20-14-7-5-6-13(11-14)17(18)15-10-12(2)8-9-16(15)19-3/h5-11H,4H2,1-3H3. The molecule has 2 aromatic carbocycles. The number of hydrogen-bond donors (Lipinski definition) is 0. The first-order chi connectivity index (χ1) is 9.65. The number of benzene rings is 2. The molecule has 2 rings (SSSR count). The van der Waals surface area contributed by atoms with Crippen molar-refractivity contribution >= 4 is 5.78 Å². The predicted molar refractivity (Wildman–Crippen MR) is 78.8 cm³/mol. The lowest BCUT2D eigenvalue weighted by atomic mass is 10.0. The Labute approximate surface area is 119 Å². The van der Waals surface area contributed by atoms with Gasteiger partial charge >= 0.3 is 0 Å². The second-order valence-electron chi connectivity index (χ2n) is 4.49. The summed E-state index contributed by atoms with van der Waals surface area (Å²) in [6, 6.07) is 12.8. The van der Waals surface area contributed by atoms with E-state index in [1.165, 1.54) is 0 Å². The summed E-state index contributed by atoms with van der Waals surface area (Å²) in [5.41, 5.74) is 2.19. The third-order valence-corrected chi connectivity index (χ3v) is 3.01. The van der Waals surface area contributed by atoms with Gasteiger partial charge in [-0.2, -0.15) is 0 Å². The van der Waals surface area contributed by atoms with Gasteiger partial charge in [0.1, 0.15) is 11.5 Å². The Morgan fingerprint density at radius 2 is 1.95 bits per heavy atom. The Hall–Kier alpha value is -2.29. The zero-order chi connectivity index (χ0) is 14.5. The topological polar surface area (TPSA) is 35.5 Å². The average Bonchev–Trinajstić information content (AvgIpc) is 2.47. The number of carbonyl (C=O) groups excluding carboxylic acids is 1. The molecule has 0 bridgehead atoms. The van der Waals surface area contributed by atoms with Crippen LogP contribution in [0, 0.1) is 6.92 Å². The summed E-state index contributed by atoms with van der Waals surface area (Å²) in [4.78, 5) is 12.6. The van der Waals surface area contributed by atoms with Crippen LogP contribution in [0.4, 0.5) is 0 Å². The van der Waals surface area contributed by atoms with Crippen molar-refractivity contribution in [1.82, 2.24) is 0 Å². The second-order valence-corrected chi connectivity index (χ2v) is 4.49. The first-order valence-electron chi connectivity index (χ1n) is 6.58. The van der Waals surface area contributed by atoms with E-state index < -0.39 is 0 Å². The Morgan fingerprint density at radius 1 is 1.15 bits per heavy atom. The third kappa shape index (κ3) is 2.99. The first kappa shape index (κ1) is 14.1. The molecule has 0 amide bonds. The number of hydrogen-bond acceptors (Lipinski definition) is 3. The molecule has 0 unspecified atom stereocenters. The lowest BCUT2D eigenvalue weighted by Crippen LogP contribution is -2.05. The molecule has 3 heteroatoms. The molecule has 0 heterocycles. The summed E-state index contributed by atoms with van der Waals surface area (Å²) in [7, 11) is 1.57. The Bertz CT molecular complexity index is 617. The lowest BCUT2D eigenvalue weighted by Gasteiger charge is -2.10. The van der Waals surface area contributed by atoms with Crippen molar-refractivity contribution < 1.29 is 14.3 Å². The molecule has 104 valence electrons. The number of rotatable bonds is 5. The van der Waals surface area contributed by atoms with Crippen LogP contribution in [0.5, 0.6) is 11.5 Å². The van der Waals surface area contributed by atoms with Crippen LogP contribution in [0.15, 0.2) is 42.5 Å². The maximum absolute atomic E-state index is 12.6. The van der Waals surface area contributed by atoms with Crippen molar-refractivity contribution in [2.24, 2.45) is 0 Å². The number of ketones is 1. The summed E-state index contributed by atoms with van der Waals surface area (Å²) in [6.07, 6.45) is 0. The minimum absolute atomic E-state index is 0.0629. The summed E-state index contributed by atoms with van der Waals surface area (Å²) < 4.78 is 10.7. The summed E-state index contributed by atoms with van der Waals surface area (Å²) >= 11 is 0. The fourth-order valence-corrected chi connectivity index (χ4v) is 2.05. The maximum Gasteiger partial charge on any atom is 0.196 e. The maximum atomic E-state index is 12.6. The van der Waals surface area contributed by atoms with Gasteiger partial charge in [0, 0.05) is 5.56 Å². The molecule has 0 aliphatic carbocycles. The van der Waals surface area contributed by atoms with Crippen molar-refractivity contribution in [2.45, 2.75) is 13.8 Å². The van der Waals surface area contributed by atoms with Gasteiger partial charge in [-0.3, -0.25) is 4.79 Å². The largest absolute Gasteiger partial charge is 0.496 e. The molecule has 0 aromatic heterocycles. The van der Waals surface area contributed by atoms with Crippen LogP contribution in [0.25, 0.3) is 0 Å². The third-order valence-electron chi connectivity index (χ3n) is 3.01. The van der Waals surface area contributed by atoms with Crippen LogP contribution >= 0.6 is 0 Å². The zero-order valence-electron chi connectivity index (χ0n) is 12.0. The number of carbonyl (C=O) groups is 1. The van der Waals surface area contributed by atoms with E-state index in [2.05, 4.69) is 0 Å². The Morgan fingerprint density at radius 3 is 2.65 bits per heavy atom. The highest BCUT2D eigenvalue weighted by Gasteiger charge is 2.15. The van der Waals surface area contributed by atoms with Crippen molar-refractivity contribution in [3.05, 3.63) is 59.2 Å². The minimum Gasteiger partial charge on any atom is -0.496 e. The van der Waals surface area contributed by atoms with Gasteiger partial charge in [0.15, 0.2) is 5.78 Å². The molecule has 0 aliphatic heterocycles. The first-order valence-corrected chi connectivity index (χ1v) is 6.58. The molecule has 20 heavy (non-hydrogen) atoms. The minimum atomic E-state index is -0.0629. The van der Waals surface area contributed by atoms with Crippen LogP contribution in [-0.4, -0.2) is 19.5 Å². The van der Waals surface area contributed by atoms with Gasteiger partial charge in [-0.15, -0.1) is 0 Å². The normalized spacial score (nSPS) is 10.2. The molecule has 0 saturated heterocycles. The summed E-state index contributed by atoms with van der Waals surface area (Å²) in [5, 5.41) is 0. The van der Waals surface area contributed by atoms with Crippen molar-refractivity contribution in [1.29, 1.82) is 0 Å². The number of methoxy groups -OCH3 is 1. The Kier molecular flexibility index (Phi) is 4.41. The van der Waals surface area contributed by atoms with Crippen molar-refractivity contribution in [3.63, 3.8) is 0 Å². The SMILES string of the molecule is CCOc1cccc(C(=O)c2cc(C)ccc2OC)c1. The number of aryl methyl sites for hydroxylation is 1. The van der Waals surface area contributed by atoms with E-state index in [1.807, 2.05) is 44.2 Å². The van der Waals surface area contributed by atoms with Crippen LogP contribution < -0.4 is 9.47 Å². The van der Waals surface area contributed by atoms with Gasteiger partial charge in [-0.1, -0.05) is 23.8 Å². The van der Waals surface area contributed by atoms with E-state index >= 15 is 0 Å². The molecule has 0 N–H and O–H groups in total. The quantitative estimate of drug-likeness (QED) is 0.778. The van der Waals surface area contributed by atoms with E-state index in [-0.39, 0.29) is 5.78 Å². The molecular weight excluding hydrogens is 252 g/mol. The highest BCUT2D eigenvalue weighted by Crippen LogP contribution is 2.24. The highest BCUT2D eigenvalue weighted by atomic mass is 16.5. The summed E-state index contributed by atoms with van der Waals surface area (Å²) in [5.74, 6) is 1.22. The molecular formula is C17H18O3. The highest BCUT2D eigenvalue weighted by molar-refractivity contribution is 6.11. The predicted octanol–water partition coefficient (Wildman–Crippen LogP) is 3.63. The molecule has 3 nitrogen and oxygen atoms in total. The molecule has 0 saturated carbocycles. The monoisotopic (exact) mass is 270 g/mol. The van der Waals surface area contributed by atoms with E-state index in [4.69, 9.17) is 9.47 Å². The van der Waals surface area contributed by atoms with Crippen molar-refractivity contribution in [2.75, 3.05) is 13.7 Å². The average molecular weight is 270 g/mol. The smallest absolute Gasteiger partial charge is 0.196 e. The van der Waals surface area contributed by atoms with E-state index in [9.17, 15) is 4.79 Å². The summed E-state index contributed by atoms with van der Waals surface area (Å²) in [6.45, 7) is 4.44. The fraction of sp³-hybridized carbons (Fsp3) is 0.235. The molecule has 0 spiro atoms. The van der Waals surface area contributed by atoms with Crippen molar-refractivity contribution in [3.8, 4) is 11.5 Å². The van der Waals surface area contributed by atoms with Gasteiger partial charge < -0.3 is 9.47 Å². The molecule has 0 fully saturated rings. The molecule has 0 atom stereocenters. The van der Waals surface area contributed by atoms with Crippen LogP contribution in [-0.2, 0) is 0 Å². The van der Waals surface area contributed by atoms with Gasteiger partial charge in [-0.05, 0) is 38.1 Å². The van der Waals surface area contributed by atoms with Gasteiger partial charge in [0.05, 0.1) is 19.3 Å². The van der Waals surface area contributed by atoms with Gasteiger partial charge in [-0.25, -0.2) is 0 Å². The van der Waals surface area contributed by atoms with E-state index in [1.54, 1.807) is 19.2 Å². The van der Waals surface area contributed by atoms with Crippen LogP contribution in [0.3, 0.4) is 0 Å². The lowest BCUT2D eigenvalue weighted by molar-refractivity contribution is 0.103. The zero-order valence-corrected chi connectivity index (χ0v) is 12.0. The van der Waals surface area contributed by atoms with Crippen LogP contribution in [0.1, 0.15) is 28.4 Å². The van der Waals surface area contributed by atoms with Gasteiger partial charge in [0.25, 0.3) is 0 Å². The molecule has 2 aromatic rings. The van der Waals surface area contributed by atoms with E-state index in [0.717, 1.165) is 5.56 Å². The fourth-order valence-electron chi connectivity index (χ4n) is 2.05. The molecule has 0 radical (unpaired) electrons. The van der Waals surface area contributed by atoms with Crippen LogP contribution in [0.2, 0.25) is 0 Å². The van der Waals surface area contributed by atoms with E-state index in [0.29, 0.717) is 29.2 Å². The second kappa shape index (κ2) is 6.24. The molecule has 0 aliphatic rings.